The van der Waals surface area contributed by atoms with Crippen LogP contribution in [0.3, 0.4) is 0 Å². The van der Waals surface area contributed by atoms with Crippen LogP contribution in [0.2, 0.25) is 0 Å². The fraction of sp³-hybridized carbons (Fsp3) is 0.429. The van der Waals surface area contributed by atoms with E-state index in [9.17, 15) is 27.6 Å². The van der Waals surface area contributed by atoms with Gasteiger partial charge in [0, 0.05) is 26.2 Å². The van der Waals surface area contributed by atoms with Crippen molar-refractivity contribution in [3.05, 3.63) is 70.8 Å². The summed E-state index contributed by atoms with van der Waals surface area (Å²) in [5.41, 5.74) is 3.27. The van der Waals surface area contributed by atoms with Crippen LogP contribution in [0.1, 0.15) is 41.1 Å². The van der Waals surface area contributed by atoms with Crippen molar-refractivity contribution in [3.63, 3.8) is 0 Å². The molecule has 0 unspecified atom stereocenters. The van der Waals surface area contributed by atoms with Gasteiger partial charge in [-0.2, -0.15) is 13.2 Å². The quantitative estimate of drug-likeness (QED) is 0.573. The molecule has 4 atom stereocenters. The highest BCUT2D eigenvalue weighted by Crippen LogP contribution is 2.51. The van der Waals surface area contributed by atoms with Crippen LogP contribution in [0, 0.1) is 25.7 Å². The van der Waals surface area contributed by atoms with Crippen molar-refractivity contribution in [1.82, 2.24) is 15.1 Å². The molecule has 3 aliphatic heterocycles. The summed E-state index contributed by atoms with van der Waals surface area (Å²) in [5.74, 6) is -4.48. The summed E-state index contributed by atoms with van der Waals surface area (Å²) in [6, 6.07) is 15.8. The summed E-state index contributed by atoms with van der Waals surface area (Å²) in [7, 11) is 1.54. The number of fused-ring (bicyclic) bond motifs is 2. The number of benzene rings is 2. The number of aryl methyl sites for hydroxylation is 2. The monoisotopic (exact) mass is 545 g/mol. The second-order valence-corrected chi connectivity index (χ2v) is 10.4. The third-order valence-electron chi connectivity index (χ3n) is 7.72. The first kappa shape index (κ1) is 28.3. The van der Waals surface area contributed by atoms with E-state index in [4.69, 9.17) is 9.90 Å². The smallest absolute Gasteiger partial charge is 0.475 e. The molecular weight excluding hydrogens is 515 g/mol. The van der Waals surface area contributed by atoms with E-state index in [2.05, 4.69) is 5.32 Å². The van der Waals surface area contributed by atoms with E-state index in [1.807, 2.05) is 67.3 Å². The van der Waals surface area contributed by atoms with Crippen molar-refractivity contribution in [1.29, 1.82) is 0 Å². The number of halogens is 3. The molecule has 5 rings (SSSR count). The van der Waals surface area contributed by atoms with Gasteiger partial charge in [-0.3, -0.25) is 24.6 Å². The SMILES string of the molecule is Cc1ccc(CN2CCC[C@]3(N[C@H](c4ccc(C)cc4)[C@@H]4C(=O)N(C)C(=O)[C@@H]43)C2=O)cc1.O=C(O)C(F)(F)F. The number of hydrogen-bond acceptors (Lipinski definition) is 5. The highest BCUT2D eigenvalue weighted by Gasteiger charge is 2.68. The molecule has 3 heterocycles. The first-order valence-electron chi connectivity index (χ1n) is 12.6. The average Bonchev–Trinajstić information content (AvgIpc) is 3.33. The molecule has 208 valence electrons. The van der Waals surface area contributed by atoms with E-state index in [0.717, 1.165) is 23.1 Å². The van der Waals surface area contributed by atoms with Gasteiger partial charge in [-0.25, -0.2) is 4.79 Å². The summed E-state index contributed by atoms with van der Waals surface area (Å²) >= 11 is 0. The zero-order valence-corrected chi connectivity index (χ0v) is 21.8. The number of carbonyl (C=O) groups excluding carboxylic acids is 3. The fourth-order valence-electron chi connectivity index (χ4n) is 5.74. The normalized spacial score (nSPS) is 26.5. The molecule has 2 aromatic carbocycles. The number of carboxylic acids is 1. The van der Waals surface area contributed by atoms with Crippen molar-refractivity contribution in [2.45, 2.75) is 51.0 Å². The number of nitrogens with one attached hydrogen (secondary N) is 1. The minimum Gasteiger partial charge on any atom is -0.475 e. The zero-order valence-electron chi connectivity index (χ0n) is 21.8. The molecule has 0 bridgehead atoms. The third-order valence-corrected chi connectivity index (χ3v) is 7.72. The van der Waals surface area contributed by atoms with Gasteiger partial charge in [0.2, 0.25) is 17.7 Å². The van der Waals surface area contributed by atoms with E-state index in [1.165, 1.54) is 10.5 Å². The summed E-state index contributed by atoms with van der Waals surface area (Å²) in [6.07, 6.45) is -3.73. The standard InChI is InChI=1S/C26H29N3O3.C2HF3O2/c1-16-5-9-18(10-6-16)15-29-14-4-13-26(25(29)32)21-20(23(30)28(3)24(21)31)22(27-26)19-11-7-17(2)8-12-19;3-2(4,5)1(6)7/h5-12,20-22,27H,4,13-15H2,1-3H3;(H,6,7)/t20-,21-,22-,26-;/m1./s1. The molecule has 1 spiro atoms. The summed E-state index contributed by atoms with van der Waals surface area (Å²) in [6.45, 7) is 5.22. The van der Waals surface area contributed by atoms with Gasteiger partial charge >= 0.3 is 12.1 Å². The number of alkyl halides is 3. The maximum absolute atomic E-state index is 13.9. The second kappa shape index (κ2) is 10.4. The van der Waals surface area contributed by atoms with E-state index >= 15 is 0 Å². The maximum atomic E-state index is 13.9. The average molecular weight is 546 g/mol. The number of nitrogens with zero attached hydrogens (tertiary/aromatic N) is 2. The Kier molecular flexibility index (Phi) is 7.57. The van der Waals surface area contributed by atoms with Gasteiger partial charge in [0.1, 0.15) is 5.54 Å². The van der Waals surface area contributed by atoms with Crippen molar-refractivity contribution < 1.29 is 37.5 Å². The first-order valence-corrected chi connectivity index (χ1v) is 12.6. The lowest BCUT2D eigenvalue weighted by Gasteiger charge is -2.42. The number of imide groups is 1. The molecule has 3 fully saturated rings. The van der Waals surface area contributed by atoms with E-state index in [-0.39, 0.29) is 23.8 Å². The van der Waals surface area contributed by atoms with Gasteiger partial charge < -0.3 is 10.0 Å². The lowest BCUT2D eigenvalue weighted by Crippen LogP contribution is -2.63. The van der Waals surface area contributed by atoms with E-state index < -0.39 is 29.5 Å². The van der Waals surface area contributed by atoms with Crippen LogP contribution < -0.4 is 5.32 Å². The molecule has 3 saturated heterocycles. The Labute approximate surface area is 223 Å². The lowest BCUT2D eigenvalue weighted by atomic mass is 9.74. The van der Waals surface area contributed by atoms with Gasteiger partial charge in [-0.15, -0.1) is 0 Å². The van der Waals surface area contributed by atoms with Crippen LogP contribution in [-0.2, 0) is 25.7 Å². The number of hydrogen-bond donors (Lipinski definition) is 2. The fourth-order valence-corrected chi connectivity index (χ4v) is 5.74. The van der Waals surface area contributed by atoms with Crippen molar-refractivity contribution >= 4 is 23.7 Å². The van der Waals surface area contributed by atoms with Crippen molar-refractivity contribution in [2.24, 2.45) is 11.8 Å². The predicted molar refractivity (Wildman–Crippen MR) is 134 cm³/mol. The molecule has 3 aliphatic rings. The van der Waals surface area contributed by atoms with Crippen molar-refractivity contribution in [2.75, 3.05) is 13.6 Å². The Bertz CT molecular complexity index is 1280. The Balaban J connectivity index is 0.000000448. The molecule has 0 radical (unpaired) electrons. The van der Waals surface area contributed by atoms with Crippen LogP contribution in [0.25, 0.3) is 0 Å². The van der Waals surface area contributed by atoms with Gasteiger partial charge in [0.25, 0.3) is 0 Å². The Morgan fingerprint density at radius 3 is 2.08 bits per heavy atom. The highest BCUT2D eigenvalue weighted by molar-refractivity contribution is 6.10. The number of carbonyl (C=O) groups is 4. The highest BCUT2D eigenvalue weighted by atomic mass is 19.4. The van der Waals surface area contributed by atoms with E-state index in [0.29, 0.717) is 19.5 Å². The summed E-state index contributed by atoms with van der Waals surface area (Å²) in [5, 5.41) is 10.7. The van der Waals surface area contributed by atoms with Crippen LogP contribution in [0.15, 0.2) is 48.5 Å². The van der Waals surface area contributed by atoms with Gasteiger partial charge in [-0.1, -0.05) is 59.7 Å². The molecule has 2 aromatic rings. The number of likely N-dealkylation sites (tertiary alicyclic amines) is 2. The largest absolute Gasteiger partial charge is 0.490 e. The topological polar surface area (TPSA) is 107 Å². The summed E-state index contributed by atoms with van der Waals surface area (Å²) in [4.78, 5) is 52.3. The number of aliphatic carboxylic acids is 1. The minimum atomic E-state index is -5.08. The Morgan fingerprint density at radius 1 is 1.00 bits per heavy atom. The van der Waals surface area contributed by atoms with Crippen LogP contribution in [0.4, 0.5) is 13.2 Å². The number of piperidine rings is 1. The molecule has 11 heteroatoms. The zero-order chi connectivity index (χ0) is 28.7. The number of amides is 3. The first-order chi connectivity index (χ1) is 18.3. The lowest BCUT2D eigenvalue weighted by molar-refractivity contribution is -0.192. The molecule has 0 aromatic heterocycles. The minimum absolute atomic E-state index is 0.0645. The van der Waals surface area contributed by atoms with Gasteiger partial charge in [0.15, 0.2) is 0 Å². The molecule has 39 heavy (non-hydrogen) atoms. The summed E-state index contributed by atoms with van der Waals surface area (Å²) < 4.78 is 31.7. The van der Waals surface area contributed by atoms with Crippen LogP contribution in [-0.4, -0.2) is 63.9 Å². The Hall–Kier alpha value is -3.73. The number of carboxylic acid groups (broad SMARTS) is 1. The van der Waals surface area contributed by atoms with Crippen LogP contribution in [0.5, 0.6) is 0 Å². The van der Waals surface area contributed by atoms with Gasteiger partial charge in [0.05, 0.1) is 11.8 Å². The predicted octanol–water partition coefficient (Wildman–Crippen LogP) is 3.37. The second-order valence-electron chi connectivity index (χ2n) is 10.4. The number of rotatable bonds is 3. The molecule has 8 nitrogen and oxygen atoms in total. The molecule has 3 amide bonds. The van der Waals surface area contributed by atoms with Gasteiger partial charge in [-0.05, 0) is 37.8 Å². The van der Waals surface area contributed by atoms with Crippen molar-refractivity contribution in [3.8, 4) is 0 Å². The Morgan fingerprint density at radius 2 is 1.54 bits per heavy atom. The maximum Gasteiger partial charge on any atom is 0.490 e. The molecule has 2 N–H and O–H groups in total. The van der Waals surface area contributed by atoms with E-state index in [1.54, 1.807) is 7.05 Å². The molecule has 0 saturated carbocycles. The molecular formula is C28H30F3N3O5. The molecule has 0 aliphatic carbocycles. The third kappa shape index (κ3) is 5.27. The van der Waals surface area contributed by atoms with Crippen LogP contribution >= 0.6 is 0 Å².